The van der Waals surface area contributed by atoms with Gasteiger partial charge in [0.15, 0.2) is 0 Å². The van der Waals surface area contributed by atoms with Gasteiger partial charge in [-0.15, -0.1) is 0 Å². The molecule has 0 saturated carbocycles. The number of ether oxygens (including phenoxy) is 1. The molecule has 2 rings (SSSR count). The Morgan fingerprint density at radius 3 is 3.05 bits per heavy atom. The Labute approximate surface area is 117 Å². The number of nitrogens with zero attached hydrogens (tertiary/aromatic N) is 2. The quantitative estimate of drug-likeness (QED) is 0.848. The van der Waals surface area contributed by atoms with Crippen LogP contribution in [-0.4, -0.2) is 30.0 Å². The van der Waals surface area contributed by atoms with E-state index in [0.717, 1.165) is 18.0 Å². The van der Waals surface area contributed by atoms with Crippen LogP contribution in [0.15, 0.2) is 29.0 Å². The third-order valence-corrected chi connectivity index (χ3v) is 3.14. The second kappa shape index (κ2) is 6.75. The van der Waals surface area contributed by atoms with E-state index in [9.17, 15) is 0 Å². The van der Waals surface area contributed by atoms with Crippen molar-refractivity contribution in [2.45, 2.75) is 19.5 Å². The van der Waals surface area contributed by atoms with Crippen molar-refractivity contribution in [2.24, 2.45) is 0 Å². The first-order chi connectivity index (χ1) is 9.27. The van der Waals surface area contributed by atoms with Crippen LogP contribution in [0.25, 0.3) is 0 Å². The minimum Gasteiger partial charge on any atom is -0.467 e. The van der Waals surface area contributed by atoms with E-state index in [1.54, 1.807) is 19.6 Å². The molecule has 0 spiro atoms. The Morgan fingerprint density at radius 1 is 1.58 bits per heavy atom. The van der Waals surface area contributed by atoms with Crippen LogP contribution in [0.3, 0.4) is 0 Å². The topological polar surface area (TPSA) is 52.2 Å². The highest BCUT2D eigenvalue weighted by Gasteiger charge is 2.23. The summed E-state index contributed by atoms with van der Waals surface area (Å²) in [6.07, 6.45) is 3.31. The molecule has 0 aliphatic carbocycles. The maximum absolute atomic E-state index is 6.27. The van der Waals surface area contributed by atoms with Crippen molar-refractivity contribution >= 4 is 11.6 Å². The zero-order valence-electron chi connectivity index (χ0n) is 11.1. The Kier molecular flexibility index (Phi) is 5.01. The van der Waals surface area contributed by atoms with Gasteiger partial charge in [-0.05, 0) is 18.7 Å². The van der Waals surface area contributed by atoms with Crippen molar-refractivity contribution in [3.63, 3.8) is 0 Å². The van der Waals surface area contributed by atoms with E-state index in [1.807, 2.05) is 23.7 Å². The van der Waals surface area contributed by atoms with Crippen LogP contribution in [0.4, 0.5) is 0 Å². The Bertz CT molecular complexity index is 496. The summed E-state index contributed by atoms with van der Waals surface area (Å²) < 4.78 is 12.4. The van der Waals surface area contributed by atoms with E-state index in [4.69, 9.17) is 20.8 Å². The SMILES string of the molecule is CCNC(c1ccco1)c1c(Cl)cnn1CCOC. The second-order valence-electron chi connectivity index (χ2n) is 4.10. The molecule has 5 nitrogen and oxygen atoms in total. The van der Waals surface area contributed by atoms with Crippen LogP contribution in [0.1, 0.15) is 24.4 Å². The van der Waals surface area contributed by atoms with Gasteiger partial charge < -0.3 is 14.5 Å². The van der Waals surface area contributed by atoms with Crippen LogP contribution in [-0.2, 0) is 11.3 Å². The molecule has 104 valence electrons. The van der Waals surface area contributed by atoms with Gasteiger partial charge in [-0.3, -0.25) is 4.68 Å². The van der Waals surface area contributed by atoms with Crippen LogP contribution in [0.2, 0.25) is 5.02 Å². The smallest absolute Gasteiger partial charge is 0.126 e. The minimum atomic E-state index is -0.105. The van der Waals surface area contributed by atoms with Crippen LogP contribution in [0.5, 0.6) is 0 Å². The Balaban J connectivity index is 2.33. The number of furan rings is 1. The first-order valence-corrected chi connectivity index (χ1v) is 6.62. The number of hydrogen-bond donors (Lipinski definition) is 1. The predicted octanol–water partition coefficient (Wildman–Crippen LogP) is 2.47. The normalized spacial score (nSPS) is 12.8. The summed E-state index contributed by atoms with van der Waals surface area (Å²) in [4.78, 5) is 0. The average Bonchev–Trinajstić information content (AvgIpc) is 3.04. The lowest BCUT2D eigenvalue weighted by Crippen LogP contribution is -2.25. The number of aromatic nitrogens is 2. The van der Waals surface area contributed by atoms with Crippen LogP contribution < -0.4 is 5.32 Å². The van der Waals surface area contributed by atoms with Crippen molar-refractivity contribution in [3.05, 3.63) is 41.1 Å². The maximum atomic E-state index is 6.27. The fourth-order valence-corrected chi connectivity index (χ4v) is 2.26. The zero-order valence-corrected chi connectivity index (χ0v) is 11.9. The van der Waals surface area contributed by atoms with E-state index >= 15 is 0 Å². The van der Waals surface area contributed by atoms with E-state index in [-0.39, 0.29) is 6.04 Å². The minimum absolute atomic E-state index is 0.105. The lowest BCUT2D eigenvalue weighted by Gasteiger charge is -2.18. The molecule has 0 radical (unpaired) electrons. The number of rotatable bonds is 7. The molecule has 1 atom stereocenters. The first-order valence-electron chi connectivity index (χ1n) is 6.24. The average molecular weight is 284 g/mol. The van der Waals surface area contributed by atoms with Gasteiger partial charge in [0.1, 0.15) is 11.8 Å². The van der Waals surface area contributed by atoms with Gasteiger partial charge in [-0.2, -0.15) is 5.10 Å². The number of methoxy groups -OCH3 is 1. The molecule has 0 amide bonds. The van der Waals surface area contributed by atoms with Crippen molar-refractivity contribution in [1.82, 2.24) is 15.1 Å². The molecule has 0 aliphatic heterocycles. The highest BCUT2D eigenvalue weighted by molar-refractivity contribution is 6.31. The van der Waals surface area contributed by atoms with Crippen molar-refractivity contribution in [1.29, 1.82) is 0 Å². The third-order valence-electron chi connectivity index (χ3n) is 2.85. The number of halogens is 1. The summed E-state index contributed by atoms with van der Waals surface area (Å²) in [5.74, 6) is 0.822. The molecular weight excluding hydrogens is 266 g/mol. The molecule has 6 heteroatoms. The second-order valence-corrected chi connectivity index (χ2v) is 4.51. The molecule has 2 heterocycles. The number of nitrogens with one attached hydrogen (secondary N) is 1. The number of hydrogen-bond acceptors (Lipinski definition) is 4. The molecule has 0 bridgehead atoms. The molecule has 0 aromatic carbocycles. The Hall–Kier alpha value is -1.30. The molecule has 0 fully saturated rings. The summed E-state index contributed by atoms with van der Waals surface area (Å²) in [7, 11) is 1.67. The molecule has 0 aliphatic rings. The summed E-state index contributed by atoms with van der Waals surface area (Å²) >= 11 is 6.27. The third kappa shape index (κ3) is 3.18. The fourth-order valence-electron chi connectivity index (χ4n) is 2.01. The monoisotopic (exact) mass is 283 g/mol. The van der Waals surface area contributed by atoms with Crippen LogP contribution >= 0.6 is 11.6 Å². The summed E-state index contributed by atoms with van der Waals surface area (Å²) in [6, 6.07) is 3.69. The molecular formula is C13H18ClN3O2. The van der Waals surface area contributed by atoms with Gasteiger partial charge in [0.25, 0.3) is 0 Å². The fraction of sp³-hybridized carbons (Fsp3) is 0.462. The summed E-state index contributed by atoms with van der Waals surface area (Å²) in [5.41, 5.74) is 0.899. The van der Waals surface area contributed by atoms with Crippen LogP contribution in [0, 0.1) is 0 Å². The van der Waals surface area contributed by atoms with Gasteiger partial charge in [0.05, 0.1) is 36.3 Å². The van der Waals surface area contributed by atoms with Crippen molar-refractivity contribution in [3.8, 4) is 0 Å². The van der Waals surface area contributed by atoms with Crippen molar-refractivity contribution < 1.29 is 9.15 Å². The molecule has 2 aromatic heterocycles. The lowest BCUT2D eigenvalue weighted by molar-refractivity contribution is 0.181. The Morgan fingerprint density at radius 2 is 2.42 bits per heavy atom. The van der Waals surface area contributed by atoms with E-state index < -0.39 is 0 Å². The van der Waals surface area contributed by atoms with Gasteiger partial charge in [-0.1, -0.05) is 18.5 Å². The predicted molar refractivity (Wildman–Crippen MR) is 73.3 cm³/mol. The summed E-state index contributed by atoms with van der Waals surface area (Å²) in [5, 5.41) is 8.28. The van der Waals surface area contributed by atoms with E-state index in [2.05, 4.69) is 10.4 Å². The zero-order chi connectivity index (χ0) is 13.7. The maximum Gasteiger partial charge on any atom is 0.126 e. The lowest BCUT2D eigenvalue weighted by atomic mass is 10.1. The van der Waals surface area contributed by atoms with Gasteiger partial charge in [-0.25, -0.2) is 0 Å². The highest BCUT2D eigenvalue weighted by Crippen LogP contribution is 2.28. The van der Waals surface area contributed by atoms with Gasteiger partial charge in [0, 0.05) is 7.11 Å². The van der Waals surface area contributed by atoms with Gasteiger partial charge in [0.2, 0.25) is 0 Å². The summed E-state index contributed by atoms with van der Waals surface area (Å²) in [6.45, 7) is 4.08. The molecule has 1 unspecified atom stereocenters. The van der Waals surface area contributed by atoms with E-state index in [0.29, 0.717) is 18.2 Å². The van der Waals surface area contributed by atoms with E-state index in [1.165, 1.54) is 0 Å². The largest absolute Gasteiger partial charge is 0.467 e. The molecule has 0 saturated heterocycles. The standard InChI is InChI=1S/C13H18ClN3O2/c1-3-15-12(11-5-4-7-19-11)13-10(14)9-16-17(13)6-8-18-2/h4-5,7,9,12,15H,3,6,8H2,1-2H3. The molecule has 19 heavy (non-hydrogen) atoms. The highest BCUT2D eigenvalue weighted by atomic mass is 35.5. The van der Waals surface area contributed by atoms with Gasteiger partial charge >= 0.3 is 0 Å². The first kappa shape index (κ1) is 14.1. The molecule has 1 N–H and O–H groups in total. The van der Waals surface area contributed by atoms with Crippen molar-refractivity contribution in [2.75, 3.05) is 20.3 Å². The molecule has 2 aromatic rings.